The molecule has 1 heterocycles. The molecule has 1 aromatic carbocycles. The molecule has 1 atom stereocenters. The minimum atomic E-state index is -0.123. The molecule has 28 heavy (non-hydrogen) atoms. The van der Waals surface area contributed by atoms with E-state index in [0.29, 0.717) is 16.6 Å². The van der Waals surface area contributed by atoms with E-state index in [1.54, 1.807) is 6.07 Å². The highest BCUT2D eigenvalue weighted by Gasteiger charge is 2.28. The number of rotatable bonds is 6. The number of nitrogens with zero attached hydrogens (tertiary/aromatic N) is 4. The molecule has 1 saturated carbocycles. The Morgan fingerprint density at radius 1 is 1.36 bits per heavy atom. The van der Waals surface area contributed by atoms with Gasteiger partial charge in [-0.05, 0) is 59.3 Å². The number of aromatic nitrogens is 2. The van der Waals surface area contributed by atoms with E-state index < -0.39 is 0 Å². The highest BCUT2D eigenvalue weighted by Crippen LogP contribution is 2.32. The van der Waals surface area contributed by atoms with Crippen molar-refractivity contribution in [2.75, 3.05) is 5.75 Å². The van der Waals surface area contributed by atoms with Gasteiger partial charge in [0.1, 0.15) is 0 Å². The first kappa shape index (κ1) is 18.3. The summed E-state index contributed by atoms with van der Waals surface area (Å²) in [6.07, 6.45) is 3.70. The molecule has 1 amide bonds. The molecule has 0 bridgehead atoms. The van der Waals surface area contributed by atoms with Crippen LogP contribution in [0.3, 0.4) is 0 Å². The molecule has 2 aliphatic carbocycles. The van der Waals surface area contributed by atoms with Crippen LogP contribution in [0.5, 0.6) is 0 Å². The molecule has 1 fully saturated rings. The highest BCUT2D eigenvalue weighted by atomic mass is 32.2. The van der Waals surface area contributed by atoms with Crippen molar-refractivity contribution in [3.8, 4) is 6.07 Å². The van der Waals surface area contributed by atoms with Crippen molar-refractivity contribution >= 4 is 23.5 Å². The van der Waals surface area contributed by atoms with Gasteiger partial charge in [-0.3, -0.25) is 4.79 Å². The molecule has 2 aromatic rings. The Kier molecular flexibility index (Phi) is 5.16. The fourth-order valence-electron chi connectivity index (χ4n) is 3.18. The van der Waals surface area contributed by atoms with E-state index in [1.165, 1.54) is 11.8 Å². The quantitative estimate of drug-likeness (QED) is 0.220. The fourth-order valence-corrected chi connectivity index (χ4v) is 3.89. The van der Waals surface area contributed by atoms with Crippen molar-refractivity contribution < 1.29 is 14.6 Å². The standard InChI is InChI=1S/C18H18N6O3S/c19-8-10-1-2-11-3-6-14(13(11)7-10)21-17(22-26)16-18(24-27-23-16)28-9-15(25)20-12-4-5-12/h1-2,7,12,14,26H,3-6,9H2,(H,20,25)(H,21,22). The number of aryl methyl sites for hydroxylation is 1. The van der Waals surface area contributed by atoms with E-state index in [1.807, 2.05) is 12.1 Å². The van der Waals surface area contributed by atoms with Gasteiger partial charge in [0, 0.05) is 6.04 Å². The van der Waals surface area contributed by atoms with Crippen LogP contribution in [0.15, 0.2) is 33.0 Å². The zero-order valence-corrected chi connectivity index (χ0v) is 15.7. The van der Waals surface area contributed by atoms with Crippen molar-refractivity contribution in [3.63, 3.8) is 0 Å². The Morgan fingerprint density at radius 3 is 2.96 bits per heavy atom. The lowest BCUT2D eigenvalue weighted by Crippen LogP contribution is -2.29. The van der Waals surface area contributed by atoms with E-state index in [0.717, 1.165) is 36.8 Å². The van der Waals surface area contributed by atoms with Crippen LogP contribution in [0, 0.1) is 11.3 Å². The molecule has 0 radical (unpaired) electrons. The van der Waals surface area contributed by atoms with Gasteiger partial charge in [0.05, 0.1) is 23.4 Å². The van der Waals surface area contributed by atoms with E-state index in [9.17, 15) is 10.0 Å². The topological polar surface area (TPSA) is 136 Å². The third-order valence-corrected chi connectivity index (χ3v) is 5.68. The van der Waals surface area contributed by atoms with Crippen molar-refractivity contribution in [2.45, 2.75) is 42.8 Å². The highest BCUT2D eigenvalue weighted by molar-refractivity contribution is 8.00. The van der Waals surface area contributed by atoms with Crippen LogP contribution < -0.4 is 10.6 Å². The van der Waals surface area contributed by atoms with Crippen LogP contribution in [-0.2, 0) is 11.2 Å². The zero-order chi connectivity index (χ0) is 19.5. The maximum Gasteiger partial charge on any atom is 0.230 e. The number of amidine groups is 1. The summed E-state index contributed by atoms with van der Waals surface area (Å²) in [6.45, 7) is 0. The minimum absolute atomic E-state index is 0.0781. The molecule has 2 aliphatic rings. The molecule has 4 rings (SSSR count). The Labute approximate surface area is 165 Å². The molecule has 0 saturated heterocycles. The molecule has 3 N–H and O–H groups in total. The normalized spacial score (nSPS) is 18.4. The SMILES string of the molecule is N#Cc1ccc2c(c1)C(N/C(=N\O)c1nonc1SCC(=O)NC1CC1)CC2. The van der Waals surface area contributed by atoms with Gasteiger partial charge < -0.3 is 15.8 Å². The van der Waals surface area contributed by atoms with Crippen molar-refractivity contribution in [3.05, 3.63) is 40.6 Å². The lowest BCUT2D eigenvalue weighted by molar-refractivity contribution is -0.118. The maximum absolute atomic E-state index is 11.9. The van der Waals surface area contributed by atoms with E-state index >= 15 is 0 Å². The summed E-state index contributed by atoms with van der Waals surface area (Å²) in [6, 6.07) is 7.89. The number of carbonyl (C=O) groups excluding carboxylic acids is 1. The van der Waals surface area contributed by atoms with Crippen molar-refractivity contribution in [1.29, 1.82) is 5.26 Å². The van der Waals surface area contributed by atoms with Crippen molar-refractivity contribution in [1.82, 2.24) is 20.9 Å². The van der Waals surface area contributed by atoms with Gasteiger partial charge in [-0.1, -0.05) is 23.0 Å². The monoisotopic (exact) mass is 398 g/mol. The smallest absolute Gasteiger partial charge is 0.230 e. The second kappa shape index (κ2) is 7.90. The Hall–Kier alpha value is -3.06. The number of thioether (sulfide) groups is 1. The Bertz CT molecular complexity index is 962. The summed E-state index contributed by atoms with van der Waals surface area (Å²) in [5, 5.41) is 36.0. The number of amides is 1. The predicted molar refractivity (Wildman–Crippen MR) is 99.9 cm³/mol. The van der Waals surface area contributed by atoms with Crippen LogP contribution in [-0.4, -0.2) is 39.1 Å². The molecular weight excluding hydrogens is 380 g/mol. The molecule has 1 aromatic heterocycles. The van der Waals surface area contributed by atoms with E-state index in [2.05, 4.69) is 32.2 Å². The number of benzene rings is 1. The molecule has 10 heteroatoms. The molecule has 0 aliphatic heterocycles. The van der Waals surface area contributed by atoms with Crippen LogP contribution in [0.1, 0.15) is 47.7 Å². The summed E-state index contributed by atoms with van der Waals surface area (Å²) in [5.41, 5.74) is 2.97. The molecular formula is C18H18N6O3S. The lowest BCUT2D eigenvalue weighted by Gasteiger charge is -2.15. The number of nitrogens with one attached hydrogen (secondary N) is 2. The summed E-state index contributed by atoms with van der Waals surface area (Å²) in [4.78, 5) is 11.9. The second-order valence-electron chi connectivity index (χ2n) is 6.76. The molecule has 144 valence electrons. The number of carbonyl (C=O) groups is 1. The van der Waals surface area contributed by atoms with Crippen LogP contribution >= 0.6 is 11.8 Å². The third-order valence-electron chi connectivity index (χ3n) is 4.73. The maximum atomic E-state index is 11.9. The van der Waals surface area contributed by atoms with Gasteiger partial charge in [-0.15, -0.1) is 0 Å². The van der Waals surface area contributed by atoms with Gasteiger partial charge in [0.15, 0.2) is 16.6 Å². The van der Waals surface area contributed by atoms with Crippen LogP contribution in [0.4, 0.5) is 0 Å². The van der Waals surface area contributed by atoms with Gasteiger partial charge in [0.25, 0.3) is 0 Å². The van der Waals surface area contributed by atoms with Gasteiger partial charge in [-0.25, -0.2) is 4.63 Å². The fraction of sp³-hybridized carbons (Fsp3) is 0.389. The van der Waals surface area contributed by atoms with Crippen LogP contribution in [0.25, 0.3) is 0 Å². The molecule has 1 unspecified atom stereocenters. The first-order valence-electron chi connectivity index (χ1n) is 8.94. The van der Waals surface area contributed by atoms with E-state index in [4.69, 9.17) is 9.89 Å². The molecule has 9 nitrogen and oxygen atoms in total. The van der Waals surface area contributed by atoms with E-state index in [-0.39, 0.29) is 29.2 Å². The van der Waals surface area contributed by atoms with Crippen molar-refractivity contribution in [2.24, 2.45) is 5.16 Å². The largest absolute Gasteiger partial charge is 0.409 e. The number of nitriles is 1. The number of hydrogen-bond donors (Lipinski definition) is 3. The van der Waals surface area contributed by atoms with Gasteiger partial charge in [0.2, 0.25) is 5.91 Å². The van der Waals surface area contributed by atoms with Gasteiger partial charge in [-0.2, -0.15) is 5.26 Å². The first-order valence-corrected chi connectivity index (χ1v) is 9.93. The number of fused-ring (bicyclic) bond motifs is 1. The average Bonchev–Trinajstić information content (AvgIpc) is 3.25. The van der Waals surface area contributed by atoms with Crippen LogP contribution in [0.2, 0.25) is 0 Å². The number of hydrogen-bond acceptors (Lipinski definition) is 8. The zero-order valence-electron chi connectivity index (χ0n) is 14.9. The average molecular weight is 398 g/mol. The summed E-state index contributed by atoms with van der Waals surface area (Å²) in [5.74, 6) is 0.214. The predicted octanol–water partition coefficient (Wildman–Crippen LogP) is 1.72. The summed E-state index contributed by atoms with van der Waals surface area (Å²) in [7, 11) is 0. The number of oxime groups is 1. The second-order valence-corrected chi connectivity index (χ2v) is 7.72. The third kappa shape index (κ3) is 3.94. The lowest BCUT2D eigenvalue weighted by atomic mass is 10.0. The molecule has 0 spiro atoms. The Morgan fingerprint density at radius 2 is 2.21 bits per heavy atom. The summed E-state index contributed by atoms with van der Waals surface area (Å²) >= 11 is 1.17. The Balaban J connectivity index is 1.45. The first-order chi connectivity index (χ1) is 13.7. The minimum Gasteiger partial charge on any atom is -0.409 e. The summed E-state index contributed by atoms with van der Waals surface area (Å²) < 4.78 is 4.80. The van der Waals surface area contributed by atoms with Gasteiger partial charge >= 0.3 is 0 Å².